The molecule has 2 atom stereocenters. The summed E-state index contributed by atoms with van der Waals surface area (Å²) in [5.41, 5.74) is 0.684. The summed E-state index contributed by atoms with van der Waals surface area (Å²) in [7, 11) is 4.15. The molecule has 0 spiro atoms. The highest BCUT2D eigenvalue weighted by Gasteiger charge is 2.29. The number of carbonyl (C=O) groups is 1. The zero-order valence-corrected chi connectivity index (χ0v) is 18.6. The Bertz CT molecular complexity index is 591. The minimum Gasteiger partial charge on any atom is -0.491 e. The number of hydrogen-bond donors (Lipinski definition) is 1. The second kappa shape index (κ2) is 13.5. The molecule has 2 rings (SSSR count). The fraction of sp³-hybridized carbons (Fsp3) is 0.708. The average molecular weight is 405 g/mol. The van der Waals surface area contributed by atoms with E-state index in [0.29, 0.717) is 24.0 Å². The molecule has 1 aliphatic carbocycles. The van der Waals surface area contributed by atoms with Gasteiger partial charge in [0, 0.05) is 12.5 Å². The van der Waals surface area contributed by atoms with Crippen molar-refractivity contribution in [1.29, 1.82) is 0 Å². The standard InChI is InChI=1S/C24H40N2O3/c1-4-5-6-7-8-13-18-28-23-17-12-10-15-21(23)25-24(27)29-22-16-11-9-14-20(22)19-26(2)3/h10,12,15,17,20,22H,4-9,11,13-14,16,18-19H2,1-3H3,(H,25,27)/t20-,22+/m1/s1. The maximum Gasteiger partial charge on any atom is 0.412 e. The third-order valence-corrected chi connectivity index (χ3v) is 5.58. The summed E-state index contributed by atoms with van der Waals surface area (Å²) in [5, 5.41) is 2.90. The van der Waals surface area contributed by atoms with Crippen LogP contribution in [0.25, 0.3) is 0 Å². The van der Waals surface area contributed by atoms with Crippen molar-refractivity contribution < 1.29 is 14.3 Å². The van der Waals surface area contributed by atoms with E-state index < -0.39 is 0 Å². The van der Waals surface area contributed by atoms with Crippen molar-refractivity contribution in [3.05, 3.63) is 24.3 Å². The number of hydrogen-bond acceptors (Lipinski definition) is 4. The normalized spacial score (nSPS) is 19.2. The molecule has 0 heterocycles. The summed E-state index contributed by atoms with van der Waals surface area (Å²) < 4.78 is 11.7. The lowest BCUT2D eigenvalue weighted by Gasteiger charge is -2.32. The molecule has 1 fully saturated rings. The van der Waals surface area contributed by atoms with Crippen LogP contribution in [0.4, 0.5) is 10.5 Å². The molecule has 1 aromatic rings. The number of benzene rings is 1. The van der Waals surface area contributed by atoms with Crippen molar-refractivity contribution in [2.45, 2.75) is 77.2 Å². The van der Waals surface area contributed by atoms with Crippen LogP contribution in [0.5, 0.6) is 5.75 Å². The van der Waals surface area contributed by atoms with E-state index in [0.717, 1.165) is 32.2 Å². The number of unbranched alkanes of at least 4 members (excludes halogenated alkanes) is 5. The lowest BCUT2D eigenvalue weighted by atomic mass is 9.86. The van der Waals surface area contributed by atoms with Gasteiger partial charge in [0.05, 0.1) is 12.3 Å². The van der Waals surface area contributed by atoms with E-state index in [1.54, 1.807) is 0 Å². The maximum atomic E-state index is 12.5. The lowest BCUT2D eigenvalue weighted by Crippen LogP contribution is -2.37. The van der Waals surface area contributed by atoms with E-state index >= 15 is 0 Å². The van der Waals surface area contributed by atoms with E-state index in [9.17, 15) is 4.79 Å². The highest BCUT2D eigenvalue weighted by molar-refractivity contribution is 5.86. The van der Waals surface area contributed by atoms with Crippen LogP contribution < -0.4 is 10.1 Å². The Morgan fingerprint density at radius 2 is 1.79 bits per heavy atom. The quantitative estimate of drug-likeness (QED) is 0.428. The summed E-state index contributed by atoms with van der Waals surface area (Å²) in [5.74, 6) is 1.12. The Kier molecular flexibility index (Phi) is 10.9. The number of ether oxygens (including phenoxy) is 2. The smallest absolute Gasteiger partial charge is 0.412 e. The summed E-state index contributed by atoms with van der Waals surface area (Å²) in [4.78, 5) is 14.7. The zero-order chi connectivity index (χ0) is 20.9. The first-order valence-corrected chi connectivity index (χ1v) is 11.4. The number of anilines is 1. The molecular weight excluding hydrogens is 364 g/mol. The van der Waals surface area contributed by atoms with Gasteiger partial charge in [-0.25, -0.2) is 4.79 Å². The first-order valence-electron chi connectivity index (χ1n) is 11.4. The van der Waals surface area contributed by atoms with Crippen molar-refractivity contribution in [1.82, 2.24) is 4.90 Å². The Morgan fingerprint density at radius 1 is 1.07 bits per heavy atom. The molecule has 5 nitrogen and oxygen atoms in total. The monoisotopic (exact) mass is 404 g/mol. The molecule has 1 saturated carbocycles. The predicted octanol–water partition coefficient (Wildman–Crippen LogP) is 6.09. The largest absolute Gasteiger partial charge is 0.491 e. The van der Waals surface area contributed by atoms with Crippen LogP contribution in [0.2, 0.25) is 0 Å². The zero-order valence-electron chi connectivity index (χ0n) is 18.6. The Morgan fingerprint density at radius 3 is 2.59 bits per heavy atom. The molecule has 29 heavy (non-hydrogen) atoms. The number of carbonyl (C=O) groups excluding carboxylic acids is 1. The first kappa shape index (κ1) is 23.5. The van der Waals surface area contributed by atoms with Crippen LogP contribution in [0, 0.1) is 5.92 Å². The van der Waals surface area contributed by atoms with Gasteiger partial charge in [-0.3, -0.25) is 5.32 Å². The number of nitrogens with zero attached hydrogens (tertiary/aromatic N) is 1. The molecule has 0 aliphatic heterocycles. The van der Waals surface area contributed by atoms with E-state index in [4.69, 9.17) is 9.47 Å². The van der Waals surface area contributed by atoms with Crippen molar-refractivity contribution in [3.8, 4) is 5.75 Å². The topological polar surface area (TPSA) is 50.8 Å². The van der Waals surface area contributed by atoms with Crippen LogP contribution in [-0.4, -0.2) is 44.3 Å². The van der Waals surface area contributed by atoms with Gasteiger partial charge in [0.1, 0.15) is 11.9 Å². The van der Waals surface area contributed by atoms with Crippen molar-refractivity contribution >= 4 is 11.8 Å². The summed E-state index contributed by atoms with van der Waals surface area (Å²) in [6.07, 6.45) is 11.4. The van der Waals surface area contributed by atoms with Gasteiger partial charge in [-0.05, 0) is 51.9 Å². The predicted molar refractivity (Wildman–Crippen MR) is 120 cm³/mol. The minimum atomic E-state index is -0.378. The number of para-hydroxylation sites is 2. The average Bonchev–Trinajstić information content (AvgIpc) is 2.69. The van der Waals surface area contributed by atoms with Crippen LogP contribution in [0.3, 0.4) is 0 Å². The molecule has 1 amide bonds. The molecule has 0 saturated heterocycles. The second-order valence-electron chi connectivity index (χ2n) is 8.49. The molecule has 0 unspecified atom stereocenters. The van der Waals surface area contributed by atoms with Gasteiger partial charge in [-0.1, -0.05) is 57.6 Å². The van der Waals surface area contributed by atoms with E-state index in [2.05, 4.69) is 31.2 Å². The second-order valence-corrected chi connectivity index (χ2v) is 8.49. The van der Waals surface area contributed by atoms with Gasteiger partial charge < -0.3 is 14.4 Å². The molecule has 1 N–H and O–H groups in total. The maximum absolute atomic E-state index is 12.5. The van der Waals surface area contributed by atoms with Crippen LogP contribution in [0.15, 0.2) is 24.3 Å². The highest BCUT2D eigenvalue weighted by Crippen LogP contribution is 2.29. The third-order valence-electron chi connectivity index (χ3n) is 5.58. The van der Waals surface area contributed by atoms with Gasteiger partial charge in [-0.2, -0.15) is 0 Å². The van der Waals surface area contributed by atoms with Crippen LogP contribution in [-0.2, 0) is 4.74 Å². The van der Waals surface area contributed by atoms with Gasteiger partial charge >= 0.3 is 6.09 Å². The molecular formula is C24H40N2O3. The van der Waals surface area contributed by atoms with E-state index in [1.807, 2.05) is 24.3 Å². The van der Waals surface area contributed by atoms with Gasteiger partial charge in [-0.15, -0.1) is 0 Å². The third kappa shape index (κ3) is 9.07. The highest BCUT2D eigenvalue weighted by atomic mass is 16.6. The lowest BCUT2D eigenvalue weighted by molar-refractivity contribution is 0.0357. The summed E-state index contributed by atoms with van der Waals surface area (Å²) in [6, 6.07) is 7.61. The van der Waals surface area contributed by atoms with Gasteiger partial charge in [0.25, 0.3) is 0 Å². The molecule has 1 aromatic carbocycles. The van der Waals surface area contributed by atoms with E-state index in [1.165, 1.54) is 38.5 Å². The summed E-state index contributed by atoms with van der Waals surface area (Å²) in [6.45, 7) is 3.86. The molecule has 164 valence electrons. The van der Waals surface area contributed by atoms with Crippen molar-refractivity contribution in [3.63, 3.8) is 0 Å². The van der Waals surface area contributed by atoms with E-state index in [-0.39, 0.29) is 12.2 Å². The van der Waals surface area contributed by atoms with Crippen molar-refractivity contribution in [2.75, 3.05) is 32.6 Å². The van der Waals surface area contributed by atoms with Crippen LogP contribution >= 0.6 is 0 Å². The SMILES string of the molecule is CCCCCCCCOc1ccccc1NC(=O)O[C@H]1CCCC[C@@H]1CN(C)C. The molecule has 1 aliphatic rings. The molecule has 0 bridgehead atoms. The number of rotatable bonds is 12. The first-order chi connectivity index (χ1) is 14.1. The Labute approximate surface area is 177 Å². The van der Waals surface area contributed by atoms with Crippen molar-refractivity contribution in [2.24, 2.45) is 5.92 Å². The number of nitrogens with one attached hydrogen (secondary N) is 1. The van der Waals surface area contributed by atoms with Crippen LogP contribution in [0.1, 0.15) is 71.1 Å². The molecule has 0 aromatic heterocycles. The molecule has 0 radical (unpaired) electrons. The fourth-order valence-corrected chi connectivity index (χ4v) is 4.04. The minimum absolute atomic E-state index is 0.0117. The van der Waals surface area contributed by atoms with Gasteiger partial charge in [0.2, 0.25) is 0 Å². The Hall–Kier alpha value is -1.75. The summed E-state index contributed by atoms with van der Waals surface area (Å²) >= 11 is 0. The van der Waals surface area contributed by atoms with Gasteiger partial charge in [0.15, 0.2) is 0 Å². The Balaban J connectivity index is 1.80. The fourth-order valence-electron chi connectivity index (χ4n) is 4.04. The molecule has 5 heteroatoms. The number of amides is 1.